The first-order chi connectivity index (χ1) is 15.8. The molecule has 198 valence electrons. The lowest BCUT2D eigenvalue weighted by molar-refractivity contribution is -0.343. The Labute approximate surface area is 195 Å². The molecule has 9 N–H and O–H groups in total. The highest BCUT2D eigenvalue weighted by Gasteiger charge is 2.50. The van der Waals surface area contributed by atoms with E-state index in [1.807, 2.05) is 0 Å². The van der Waals surface area contributed by atoms with E-state index >= 15 is 0 Å². The fourth-order valence-corrected chi connectivity index (χ4v) is 3.39. The molecule has 0 aliphatic carbocycles. The molecule has 2 aliphatic heterocycles. The van der Waals surface area contributed by atoms with Crippen LogP contribution >= 0.6 is 0 Å². The molecule has 0 aromatic carbocycles. The van der Waals surface area contributed by atoms with E-state index in [9.17, 15) is 45.3 Å². The summed E-state index contributed by atoms with van der Waals surface area (Å²) in [5.74, 6) is -0.799. The maximum atomic E-state index is 12.1. The van der Waals surface area contributed by atoms with Gasteiger partial charge in [0.2, 0.25) is 5.91 Å². The first kappa shape index (κ1) is 28.6. The van der Waals surface area contributed by atoms with Crippen LogP contribution in [0.3, 0.4) is 0 Å². The molecule has 0 aromatic rings. The molecule has 0 spiro atoms. The van der Waals surface area contributed by atoms with Crippen molar-refractivity contribution in [1.82, 2.24) is 10.6 Å². The second-order valence-electron chi connectivity index (χ2n) is 8.98. The molecule has 2 amide bonds. The van der Waals surface area contributed by atoms with Crippen LogP contribution < -0.4 is 10.6 Å². The molecule has 2 saturated heterocycles. The summed E-state index contributed by atoms with van der Waals surface area (Å²) >= 11 is 0. The van der Waals surface area contributed by atoms with Crippen molar-refractivity contribution >= 4 is 12.0 Å². The Balaban J connectivity index is 1.98. The van der Waals surface area contributed by atoms with E-state index in [0.717, 1.165) is 0 Å². The average Bonchev–Trinajstić information content (AvgIpc) is 2.76. The van der Waals surface area contributed by atoms with Crippen molar-refractivity contribution in [3.8, 4) is 0 Å². The lowest BCUT2D eigenvalue weighted by Crippen LogP contribution is -2.66. The van der Waals surface area contributed by atoms with E-state index in [1.165, 1.54) is 0 Å². The summed E-state index contributed by atoms with van der Waals surface area (Å²) in [6, 6.07) is 0. The standard InChI is InChI=1S/C19H34N2O13/c1-19(2,3)34-18(30)20-4-9(24)21-16-13(28)12(27)15(8(6-23)31-16)33-17-14(29)11(26)10(25)7(5-22)32-17/h7-8,10-17,22-23,25-29H,4-6H2,1-3H3,(H,20,30)(H,21,24)/t7-,8-,10+,11+,12-,13-,14-,15-,16-,17+/m1/s1. The highest BCUT2D eigenvalue weighted by Crippen LogP contribution is 2.28. The normalized spacial score (nSPS) is 38.8. The van der Waals surface area contributed by atoms with Crippen LogP contribution in [0, 0.1) is 0 Å². The van der Waals surface area contributed by atoms with E-state index in [0.29, 0.717) is 0 Å². The minimum atomic E-state index is -1.79. The lowest BCUT2D eigenvalue weighted by atomic mass is 9.96. The Morgan fingerprint density at radius 1 is 0.853 bits per heavy atom. The molecule has 0 radical (unpaired) electrons. The fraction of sp³-hybridized carbons (Fsp3) is 0.895. The van der Waals surface area contributed by atoms with Gasteiger partial charge in [0.15, 0.2) is 12.5 Å². The third-order valence-corrected chi connectivity index (χ3v) is 5.10. The number of hydrogen-bond acceptors (Lipinski definition) is 13. The molecule has 10 atom stereocenters. The summed E-state index contributed by atoms with van der Waals surface area (Å²) in [7, 11) is 0. The van der Waals surface area contributed by atoms with Gasteiger partial charge in [-0.2, -0.15) is 0 Å². The maximum Gasteiger partial charge on any atom is 0.408 e. The van der Waals surface area contributed by atoms with Crippen molar-refractivity contribution in [2.75, 3.05) is 19.8 Å². The van der Waals surface area contributed by atoms with Gasteiger partial charge in [0.25, 0.3) is 0 Å². The van der Waals surface area contributed by atoms with Gasteiger partial charge in [-0.15, -0.1) is 0 Å². The summed E-state index contributed by atoms with van der Waals surface area (Å²) in [6.07, 6.45) is -16.9. The van der Waals surface area contributed by atoms with Gasteiger partial charge in [-0.1, -0.05) is 0 Å². The predicted octanol–water partition coefficient (Wildman–Crippen LogP) is -4.75. The van der Waals surface area contributed by atoms with Gasteiger partial charge >= 0.3 is 6.09 Å². The molecule has 15 nitrogen and oxygen atoms in total. The van der Waals surface area contributed by atoms with Gasteiger partial charge in [0, 0.05) is 0 Å². The Kier molecular flexibility index (Phi) is 9.96. The van der Waals surface area contributed by atoms with Crippen LogP contribution in [0.5, 0.6) is 0 Å². The monoisotopic (exact) mass is 498 g/mol. The smallest absolute Gasteiger partial charge is 0.408 e. The summed E-state index contributed by atoms with van der Waals surface area (Å²) in [4.78, 5) is 23.8. The highest BCUT2D eigenvalue weighted by atomic mass is 16.7. The van der Waals surface area contributed by atoms with Crippen molar-refractivity contribution < 1.29 is 64.3 Å². The molecule has 2 rings (SSSR count). The summed E-state index contributed by atoms with van der Waals surface area (Å²) in [6.45, 7) is 2.90. The molecular formula is C19H34N2O13. The van der Waals surface area contributed by atoms with Crippen molar-refractivity contribution in [3.63, 3.8) is 0 Å². The van der Waals surface area contributed by atoms with Crippen LogP contribution in [0.4, 0.5) is 4.79 Å². The molecular weight excluding hydrogens is 464 g/mol. The van der Waals surface area contributed by atoms with E-state index < -0.39 is 98.7 Å². The molecule has 0 aromatic heterocycles. The number of ether oxygens (including phenoxy) is 4. The molecule has 0 bridgehead atoms. The maximum absolute atomic E-state index is 12.1. The van der Waals surface area contributed by atoms with Gasteiger partial charge in [-0.05, 0) is 20.8 Å². The third-order valence-electron chi connectivity index (χ3n) is 5.10. The number of aliphatic hydroxyl groups is 7. The number of carbonyl (C=O) groups excluding carboxylic acids is 2. The van der Waals surface area contributed by atoms with Gasteiger partial charge < -0.3 is 65.3 Å². The topological polar surface area (TPSA) is 237 Å². The van der Waals surface area contributed by atoms with Crippen molar-refractivity contribution in [3.05, 3.63) is 0 Å². The Morgan fingerprint density at radius 3 is 2.03 bits per heavy atom. The second-order valence-corrected chi connectivity index (χ2v) is 8.98. The molecule has 15 heteroatoms. The Bertz CT molecular complexity index is 686. The second kappa shape index (κ2) is 11.9. The van der Waals surface area contributed by atoms with E-state index in [4.69, 9.17) is 18.9 Å². The van der Waals surface area contributed by atoms with Crippen molar-refractivity contribution in [2.45, 2.75) is 87.7 Å². The molecule has 2 heterocycles. The Hall–Kier alpha value is -1.66. The zero-order valence-electron chi connectivity index (χ0n) is 19.0. The number of nitrogens with one attached hydrogen (secondary N) is 2. The number of hydrogen-bond donors (Lipinski definition) is 9. The van der Waals surface area contributed by atoms with Gasteiger partial charge in [0.1, 0.15) is 61.0 Å². The van der Waals surface area contributed by atoms with Crippen LogP contribution in [-0.2, 0) is 23.7 Å². The zero-order valence-corrected chi connectivity index (χ0v) is 19.0. The van der Waals surface area contributed by atoms with E-state index in [-0.39, 0.29) is 0 Å². The SMILES string of the molecule is CC(C)(C)OC(=O)NCC(=O)N[C@@H]1O[C@H](CO)[C@@H](O[C@@H]2O[C@H](CO)[C@H](O)[C@H](O)[C@H]2O)[C@H](O)[C@H]1O. The molecule has 0 saturated carbocycles. The Morgan fingerprint density at radius 2 is 1.47 bits per heavy atom. The quantitative estimate of drug-likeness (QED) is 0.160. The fourth-order valence-electron chi connectivity index (χ4n) is 3.39. The molecule has 2 aliphatic rings. The number of rotatable bonds is 7. The van der Waals surface area contributed by atoms with Crippen LogP contribution in [0.1, 0.15) is 20.8 Å². The van der Waals surface area contributed by atoms with Crippen LogP contribution in [-0.4, -0.2) is 134 Å². The number of alkyl carbamates (subject to hydrolysis) is 1. The zero-order chi connectivity index (χ0) is 25.8. The first-order valence-electron chi connectivity index (χ1n) is 10.6. The van der Waals surface area contributed by atoms with Crippen molar-refractivity contribution in [1.29, 1.82) is 0 Å². The number of aliphatic hydroxyl groups excluding tert-OH is 7. The summed E-state index contributed by atoms with van der Waals surface area (Å²) in [5, 5.41) is 74.2. The van der Waals surface area contributed by atoms with E-state index in [1.54, 1.807) is 20.8 Å². The van der Waals surface area contributed by atoms with Crippen LogP contribution in [0.25, 0.3) is 0 Å². The summed E-state index contributed by atoms with van der Waals surface area (Å²) in [5.41, 5.74) is -0.780. The van der Waals surface area contributed by atoms with Gasteiger partial charge in [-0.3, -0.25) is 4.79 Å². The van der Waals surface area contributed by atoms with E-state index in [2.05, 4.69) is 10.6 Å². The average molecular weight is 498 g/mol. The largest absolute Gasteiger partial charge is 0.444 e. The third kappa shape index (κ3) is 7.17. The van der Waals surface area contributed by atoms with Crippen LogP contribution in [0.2, 0.25) is 0 Å². The van der Waals surface area contributed by atoms with Gasteiger partial charge in [-0.25, -0.2) is 4.79 Å². The minimum Gasteiger partial charge on any atom is -0.444 e. The predicted molar refractivity (Wildman–Crippen MR) is 109 cm³/mol. The van der Waals surface area contributed by atoms with Crippen LogP contribution in [0.15, 0.2) is 0 Å². The lowest BCUT2D eigenvalue weighted by Gasteiger charge is -2.46. The minimum absolute atomic E-state index is 0.536. The number of carbonyl (C=O) groups is 2. The highest BCUT2D eigenvalue weighted by molar-refractivity contribution is 5.82. The summed E-state index contributed by atoms with van der Waals surface area (Å²) < 4.78 is 21.0. The number of amides is 2. The molecule has 34 heavy (non-hydrogen) atoms. The van der Waals surface area contributed by atoms with Crippen molar-refractivity contribution in [2.24, 2.45) is 0 Å². The molecule has 0 unspecified atom stereocenters. The first-order valence-corrected chi connectivity index (χ1v) is 10.6. The van der Waals surface area contributed by atoms with Gasteiger partial charge in [0.05, 0.1) is 13.2 Å². The molecule has 2 fully saturated rings.